The van der Waals surface area contributed by atoms with E-state index in [0.29, 0.717) is 30.2 Å². The lowest BCUT2D eigenvalue weighted by molar-refractivity contribution is -0.0225. The Kier molecular flexibility index (Phi) is 4.19. The molecule has 0 bridgehead atoms. The van der Waals surface area contributed by atoms with E-state index in [-0.39, 0.29) is 11.5 Å². The van der Waals surface area contributed by atoms with Crippen LogP contribution in [0.1, 0.15) is 56.1 Å². The molecular weight excluding hydrogens is 314 g/mol. The van der Waals surface area contributed by atoms with Gasteiger partial charge in [0.25, 0.3) is 0 Å². The summed E-state index contributed by atoms with van der Waals surface area (Å²) in [6.45, 7) is 6.24. The summed E-state index contributed by atoms with van der Waals surface area (Å²) in [5, 5.41) is 24.0. The second kappa shape index (κ2) is 6.24. The van der Waals surface area contributed by atoms with Crippen LogP contribution in [0.15, 0.2) is 25.0 Å². The van der Waals surface area contributed by atoms with Crippen LogP contribution in [0.2, 0.25) is 0 Å². The quantitative estimate of drug-likeness (QED) is 0.437. The third kappa shape index (κ3) is 2.62. The summed E-state index contributed by atoms with van der Waals surface area (Å²) < 4.78 is 5.24. The van der Waals surface area contributed by atoms with Crippen molar-refractivity contribution in [3.05, 3.63) is 36.1 Å². The Bertz CT molecular complexity index is 673. The number of aliphatic hydroxyl groups excluding tert-OH is 1. The zero-order valence-electron chi connectivity index (χ0n) is 15.0. The normalized spacial score (nSPS) is 36.1. The fourth-order valence-electron chi connectivity index (χ4n) is 6.01. The van der Waals surface area contributed by atoms with Crippen LogP contribution in [-0.4, -0.2) is 23.0 Å². The number of aryl methyl sites for hydroxylation is 1. The maximum Gasteiger partial charge on any atom is 0.158 e. The minimum Gasteiger partial charge on any atom is -0.508 e. The van der Waals surface area contributed by atoms with Gasteiger partial charge < -0.3 is 20.3 Å². The highest BCUT2D eigenvalue weighted by molar-refractivity contribution is 5.61. The van der Waals surface area contributed by atoms with Crippen molar-refractivity contribution in [1.29, 1.82) is 0 Å². The van der Waals surface area contributed by atoms with Gasteiger partial charge in [0.1, 0.15) is 5.75 Å². The predicted octanol–water partition coefficient (Wildman–Crippen LogP) is 4.14. The molecule has 0 saturated heterocycles. The Morgan fingerprint density at radius 3 is 2.96 bits per heavy atom. The number of anilines is 1. The van der Waals surface area contributed by atoms with Gasteiger partial charge >= 0.3 is 0 Å². The molecular formula is C21H29NO3. The SMILES string of the molecule is C=COCNc1cc(O)cc2c1[C@H]1CC[C@]3(C)[C@H](O)CC[C@H]3[C@@H]1CC2. The molecule has 3 aliphatic carbocycles. The van der Waals surface area contributed by atoms with Crippen molar-refractivity contribution >= 4 is 5.69 Å². The van der Waals surface area contributed by atoms with Gasteiger partial charge in [-0.15, -0.1) is 0 Å². The number of nitrogens with one attached hydrogen (secondary N) is 1. The van der Waals surface area contributed by atoms with E-state index in [9.17, 15) is 10.2 Å². The van der Waals surface area contributed by atoms with E-state index >= 15 is 0 Å². The molecule has 3 N–H and O–H groups in total. The number of rotatable bonds is 4. The topological polar surface area (TPSA) is 61.7 Å². The molecule has 0 aliphatic heterocycles. The molecule has 1 aromatic carbocycles. The lowest BCUT2D eigenvalue weighted by Crippen LogP contribution is -2.44. The van der Waals surface area contributed by atoms with Crippen LogP contribution in [0, 0.1) is 17.3 Å². The van der Waals surface area contributed by atoms with Crippen LogP contribution in [0.4, 0.5) is 5.69 Å². The number of hydrogen-bond donors (Lipinski definition) is 3. The number of phenols is 1. The lowest BCUT2D eigenvalue weighted by atomic mass is 9.55. The number of aliphatic hydroxyl groups is 1. The predicted molar refractivity (Wildman–Crippen MR) is 98.5 cm³/mol. The highest BCUT2D eigenvalue weighted by Gasteiger charge is 2.54. The average molecular weight is 343 g/mol. The van der Waals surface area contributed by atoms with Gasteiger partial charge in [-0.2, -0.15) is 0 Å². The molecule has 0 unspecified atom stereocenters. The minimum absolute atomic E-state index is 0.0924. The molecule has 2 fully saturated rings. The van der Waals surface area contributed by atoms with Crippen LogP contribution in [0.5, 0.6) is 5.75 Å². The molecule has 0 amide bonds. The highest BCUT2D eigenvalue weighted by atomic mass is 16.5. The minimum atomic E-state index is -0.141. The Morgan fingerprint density at radius 1 is 1.32 bits per heavy atom. The first kappa shape index (κ1) is 16.8. The molecule has 3 aliphatic rings. The second-order valence-corrected chi connectivity index (χ2v) is 8.27. The molecule has 0 radical (unpaired) electrons. The maximum absolute atomic E-state index is 10.5. The van der Waals surface area contributed by atoms with Gasteiger partial charge in [0.15, 0.2) is 6.73 Å². The molecule has 136 valence electrons. The van der Waals surface area contributed by atoms with Crippen molar-refractivity contribution in [3.8, 4) is 5.75 Å². The summed E-state index contributed by atoms with van der Waals surface area (Å²) in [7, 11) is 0. The van der Waals surface area contributed by atoms with Crippen LogP contribution in [0.3, 0.4) is 0 Å². The number of hydrogen-bond acceptors (Lipinski definition) is 4. The lowest BCUT2D eigenvalue weighted by Gasteiger charge is -2.50. The fourth-order valence-corrected chi connectivity index (χ4v) is 6.01. The first-order valence-corrected chi connectivity index (χ1v) is 9.55. The Hall–Kier alpha value is -1.68. The molecule has 4 rings (SSSR count). The largest absolute Gasteiger partial charge is 0.508 e. The summed E-state index contributed by atoms with van der Waals surface area (Å²) >= 11 is 0. The van der Waals surface area contributed by atoms with Crippen molar-refractivity contribution in [3.63, 3.8) is 0 Å². The van der Waals surface area contributed by atoms with E-state index < -0.39 is 0 Å². The van der Waals surface area contributed by atoms with Gasteiger partial charge in [0.2, 0.25) is 0 Å². The average Bonchev–Trinajstić information content (AvgIpc) is 2.90. The number of fused-ring (bicyclic) bond motifs is 5. The first-order chi connectivity index (χ1) is 12.0. The summed E-state index contributed by atoms with van der Waals surface area (Å²) in [5.41, 5.74) is 3.72. The molecule has 4 nitrogen and oxygen atoms in total. The Balaban J connectivity index is 1.68. The zero-order chi connectivity index (χ0) is 17.6. The summed E-state index contributed by atoms with van der Waals surface area (Å²) in [5.74, 6) is 2.07. The van der Waals surface area contributed by atoms with Crippen LogP contribution in [0.25, 0.3) is 0 Å². The van der Waals surface area contributed by atoms with E-state index in [1.165, 1.54) is 17.4 Å². The smallest absolute Gasteiger partial charge is 0.158 e. The molecule has 2 saturated carbocycles. The monoisotopic (exact) mass is 343 g/mol. The van der Waals surface area contributed by atoms with Gasteiger partial charge in [-0.05, 0) is 78.9 Å². The van der Waals surface area contributed by atoms with E-state index in [0.717, 1.165) is 44.2 Å². The van der Waals surface area contributed by atoms with Gasteiger partial charge in [-0.25, -0.2) is 0 Å². The Morgan fingerprint density at radius 2 is 2.16 bits per heavy atom. The van der Waals surface area contributed by atoms with Crippen LogP contribution < -0.4 is 5.32 Å². The third-order valence-corrected chi connectivity index (χ3v) is 7.22. The first-order valence-electron chi connectivity index (χ1n) is 9.55. The van der Waals surface area contributed by atoms with Crippen LogP contribution >= 0.6 is 0 Å². The highest BCUT2D eigenvalue weighted by Crippen LogP contribution is 2.61. The maximum atomic E-state index is 10.5. The van der Waals surface area contributed by atoms with E-state index in [4.69, 9.17) is 4.74 Å². The van der Waals surface area contributed by atoms with E-state index in [1.54, 1.807) is 0 Å². The number of phenolic OH excluding ortho intramolecular Hbond substituents is 1. The van der Waals surface area contributed by atoms with E-state index in [1.807, 2.05) is 12.1 Å². The van der Waals surface area contributed by atoms with Crippen molar-refractivity contribution in [2.75, 3.05) is 12.0 Å². The molecule has 5 atom stereocenters. The van der Waals surface area contributed by atoms with Crippen molar-refractivity contribution in [2.45, 2.75) is 57.5 Å². The summed E-state index contributed by atoms with van der Waals surface area (Å²) in [4.78, 5) is 0. The van der Waals surface area contributed by atoms with Gasteiger partial charge in [-0.3, -0.25) is 0 Å². The summed E-state index contributed by atoms with van der Waals surface area (Å²) in [6, 6.07) is 3.76. The van der Waals surface area contributed by atoms with Gasteiger partial charge in [-0.1, -0.05) is 13.5 Å². The molecule has 0 heterocycles. The number of ether oxygens (including phenoxy) is 1. The van der Waals surface area contributed by atoms with Crippen molar-refractivity contribution in [1.82, 2.24) is 0 Å². The molecule has 0 aromatic heterocycles. The Labute approximate surface area is 149 Å². The number of aromatic hydroxyl groups is 1. The molecule has 0 spiro atoms. The second-order valence-electron chi connectivity index (χ2n) is 8.27. The third-order valence-electron chi connectivity index (χ3n) is 7.22. The van der Waals surface area contributed by atoms with Crippen molar-refractivity contribution in [2.24, 2.45) is 17.3 Å². The fraction of sp³-hybridized carbons (Fsp3) is 0.619. The molecule has 4 heteroatoms. The zero-order valence-corrected chi connectivity index (χ0v) is 15.0. The number of benzene rings is 1. The molecule has 1 aromatic rings. The molecule has 25 heavy (non-hydrogen) atoms. The van der Waals surface area contributed by atoms with E-state index in [2.05, 4.69) is 18.8 Å². The van der Waals surface area contributed by atoms with Crippen LogP contribution in [-0.2, 0) is 11.2 Å². The standard InChI is InChI=1S/C21H29NO3/c1-3-25-12-22-18-11-14(23)10-13-4-5-15-16(20(13)18)8-9-21(2)17(15)6-7-19(21)24/h3,10-11,15-17,19,22-24H,1,4-9,12H2,2H3/t15-,16+,17+,19-,21+/m1/s1. The van der Waals surface area contributed by atoms with Crippen molar-refractivity contribution < 1.29 is 14.9 Å². The van der Waals surface area contributed by atoms with Gasteiger partial charge in [0, 0.05) is 11.8 Å². The van der Waals surface area contributed by atoms with Gasteiger partial charge in [0.05, 0.1) is 12.4 Å². The summed E-state index contributed by atoms with van der Waals surface area (Å²) in [6.07, 6.45) is 7.75.